The molecule has 0 radical (unpaired) electrons. The molecule has 1 aromatic heterocycles. The minimum atomic E-state index is -0.478. The van der Waals surface area contributed by atoms with Crippen molar-refractivity contribution in [3.8, 4) is 5.69 Å². The molecule has 0 spiro atoms. The van der Waals surface area contributed by atoms with E-state index in [1.165, 1.54) is 16.9 Å². The largest absolute Gasteiger partial charge is 0.390 e. The number of aliphatic hydroxyl groups excluding tert-OH is 1. The van der Waals surface area contributed by atoms with Crippen LogP contribution >= 0.6 is 11.6 Å². The zero-order chi connectivity index (χ0) is 17.8. The van der Waals surface area contributed by atoms with Crippen LogP contribution in [0.15, 0.2) is 48.5 Å². The monoisotopic (exact) mass is 360 g/mol. The third-order valence-electron chi connectivity index (χ3n) is 3.47. The van der Waals surface area contributed by atoms with Gasteiger partial charge in [0.05, 0.1) is 12.3 Å². The first kappa shape index (κ1) is 17.1. The predicted molar refractivity (Wildman–Crippen MR) is 89.9 cm³/mol. The molecule has 3 aromatic rings. The average molecular weight is 361 g/mol. The summed E-state index contributed by atoms with van der Waals surface area (Å²) in [6.45, 7) is -0.218. The highest BCUT2D eigenvalue weighted by Gasteiger charge is 2.18. The number of nitrogens with zero attached hydrogens (tertiary/aromatic N) is 3. The number of carbonyl (C=O) groups is 1. The van der Waals surface area contributed by atoms with Crippen LogP contribution in [-0.4, -0.2) is 26.0 Å². The van der Waals surface area contributed by atoms with Gasteiger partial charge in [-0.1, -0.05) is 23.7 Å². The van der Waals surface area contributed by atoms with Crippen molar-refractivity contribution in [3.05, 3.63) is 76.3 Å². The topological polar surface area (TPSA) is 80.0 Å². The molecule has 128 valence electrons. The van der Waals surface area contributed by atoms with Crippen LogP contribution in [0.5, 0.6) is 0 Å². The Kier molecular flexibility index (Phi) is 5.06. The molecule has 0 unspecified atom stereocenters. The van der Waals surface area contributed by atoms with Crippen molar-refractivity contribution in [1.82, 2.24) is 20.3 Å². The summed E-state index contributed by atoms with van der Waals surface area (Å²) in [6.07, 6.45) is 0. The maximum atomic E-state index is 12.9. The molecule has 6 nitrogen and oxygen atoms in total. The lowest BCUT2D eigenvalue weighted by Crippen LogP contribution is -2.24. The molecule has 1 heterocycles. The van der Waals surface area contributed by atoms with Crippen LogP contribution in [0, 0.1) is 5.82 Å². The van der Waals surface area contributed by atoms with E-state index in [1.54, 1.807) is 36.4 Å². The molecule has 0 aliphatic carbocycles. The molecule has 0 bridgehead atoms. The Morgan fingerprint density at radius 1 is 1.12 bits per heavy atom. The van der Waals surface area contributed by atoms with Crippen molar-refractivity contribution in [2.45, 2.75) is 13.2 Å². The molecular formula is C17H14ClFN4O2. The Bertz CT molecular complexity index is 879. The first-order chi connectivity index (χ1) is 12.1. The van der Waals surface area contributed by atoms with Crippen LogP contribution in [0.1, 0.15) is 21.7 Å². The summed E-state index contributed by atoms with van der Waals surface area (Å²) in [6, 6.07) is 12.5. The van der Waals surface area contributed by atoms with Crippen molar-refractivity contribution in [3.63, 3.8) is 0 Å². The summed E-state index contributed by atoms with van der Waals surface area (Å²) >= 11 is 5.84. The number of hydrogen-bond donors (Lipinski definition) is 2. The van der Waals surface area contributed by atoms with Crippen LogP contribution < -0.4 is 5.32 Å². The van der Waals surface area contributed by atoms with Gasteiger partial charge in [0.2, 0.25) is 0 Å². The maximum Gasteiger partial charge on any atom is 0.274 e. The number of aromatic nitrogens is 3. The second-order valence-corrected chi connectivity index (χ2v) is 5.66. The van der Waals surface area contributed by atoms with Crippen LogP contribution in [0.3, 0.4) is 0 Å². The second-order valence-electron chi connectivity index (χ2n) is 5.23. The zero-order valence-electron chi connectivity index (χ0n) is 13.0. The van der Waals surface area contributed by atoms with Gasteiger partial charge in [-0.05, 0) is 42.0 Å². The molecule has 0 aliphatic heterocycles. The number of hydrogen-bond acceptors (Lipinski definition) is 4. The number of carbonyl (C=O) groups excluding carboxylic acids is 1. The molecule has 0 saturated carbocycles. The van der Waals surface area contributed by atoms with Gasteiger partial charge in [-0.3, -0.25) is 4.79 Å². The quantitative estimate of drug-likeness (QED) is 0.732. The van der Waals surface area contributed by atoms with Gasteiger partial charge in [-0.25, -0.2) is 4.39 Å². The summed E-state index contributed by atoms with van der Waals surface area (Å²) in [7, 11) is 0. The van der Waals surface area contributed by atoms with Crippen LogP contribution in [-0.2, 0) is 13.2 Å². The van der Waals surface area contributed by atoms with E-state index >= 15 is 0 Å². The van der Waals surface area contributed by atoms with Gasteiger partial charge in [0.25, 0.3) is 5.91 Å². The first-order valence-electron chi connectivity index (χ1n) is 7.42. The number of benzene rings is 2. The Morgan fingerprint density at radius 3 is 2.44 bits per heavy atom. The number of rotatable bonds is 5. The Balaban J connectivity index is 1.77. The van der Waals surface area contributed by atoms with Gasteiger partial charge in [0.15, 0.2) is 5.69 Å². The van der Waals surface area contributed by atoms with Crippen LogP contribution in [0.4, 0.5) is 4.39 Å². The van der Waals surface area contributed by atoms with Gasteiger partial charge in [0.1, 0.15) is 11.5 Å². The van der Waals surface area contributed by atoms with Gasteiger partial charge in [0, 0.05) is 11.6 Å². The molecular weight excluding hydrogens is 347 g/mol. The highest BCUT2D eigenvalue weighted by atomic mass is 35.5. The second kappa shape index (κ2) is 7.42. The molecule has 25 heavy (non-hydrogen) atoms. The van der Waals surface area contributed by atoms with Gasteiger partial charge >= 0.3 is 0 Å². The fourth-order valence-electron chi connectivity index (χ4n) is 2.18. The predicted octanol–water partition coefficient (Wildman–Crippen LogP) is 2.48. The molecule has 0 saturated heterocycles. The van der Waals surface area contributed by atoms with Crippen LogP contribution in [0.25, 0.3) is 5.69 Å². The highest BCUT2D eigenvalue weighted by molar-refractivity contribution is 6.30. The molecule has 8 heteroatoms. The van der Waals surface area contributed by atoms with Crippen molar-refractivity contribution in [1.29, 1.82) is 0 Å². The van der Waals surface area contributed by atoms with Crippen molar-refractivity contribution < 1.29 is 14.3 Å². The fourth-order valence-corrected chi connectivity index (χ4v) is 2.30. The van der Waals surface area contributed by atoms with E-state index in [1.807, 2.05) is 0 Å². The fraction of sp³-hybridized carbons (Fsp3) is 0.118. The molecule has 2 aromatic carbocycles. The lowest BCUT2D eigenvalue weighted by molar-refractivity contribution is 0.0942. The Hall–Kier alpha value is -2.77. The molecule has 0 atom stereocenters. The molecule has 0 aliphatic rings. The van der Waals surface area contributed by atoms with Gasteiger partial charge in [-0.2, -0.15) is 4.80 Å². The van der Waals surface area contributed by atoms with Crippen LogP contribution in [0.2, 0.25) is 5.02 Å². The van der Waals surface area contributed by atoms with Gasteiger partial charge < -0.3 is 10.4 Å². The highest BCUT2D eigenvalue weighted by Crippen LogP contribution is 2.14. The van der Waals surface area contributed by atoms with Gasteiger partial charge in [-0.15, -0.1) is 10.2 Å². The number of amides is 1. The summed E-state index contributed by atoms with van der Waals surface area (Å²) in [4.78, 5) is 13.6. The average Bonchev–Trinajstić information content (AvgIpc) is 3.06. The smallest absolute Gasteiger partial charge is 0.274 e. The Labute approximate surface area is 147 Å². The van der Waals surface area contributed by atoms with Crippen molar-refractivity contribution in [2.75, 3.05) is 0 Å². The third kappa shape index (κ3) is 4.01. The lowest BCUT2D eigenvalue weighted by Gasteiger charge is -2.04. The summed E-state index contributed by atoms with van der Waals surface area (Å²) in [5.74, 6) is -0.822. The normalized spacial score (nSPS) is 10.7. The Morgan fingerprint density at radius 2 is 1.80 bits per heavy atom. The molecule has 1 amide bonds. The number of aliphatic hydroxyl groups is 1. The van der Waals surface area contributed by atoms with E-state index in [9.17, 15) is 14.3 Å². The molecule has 0 fully saturated rings. The van der Waals surface area contributed by atoms with E-state index in [0.717, 1.165) is 5.56 Å². The number of halogens is 2. The third-order valence-corrected chi connectivity index (χ3v) is 3.72. The minimum absolute atomic E-state index is 0.0274. The standard InChI is InChI=1S/C17H14ClFN4O2/c18-12-3-7-14(8-4-12)23-21-15(10-24)16(22-23)17(25)20-9-11-1-5-13(19)6-2-11/h1-8,24H,9-10H2,(H,20,25). The minimum Gasteiger partial charge on any atom is -0.390 e. The van der Waals surface area contributed by atoms with Crippen molar-refractivity contribution in [2.24, 2.45) is 0 Å². The van der Waals surface area contributed by atoms with E-state index in [-0.39, 0.29) is 23.7 Å². The summed E-state index contributed by atoms with van der Waals surface area (Å²) in [5, 5.41) is 20.9. The maximum absolute atomic E-state index is 12.9. The lowest BCUT2D eigenvalue weighted by atomic mass is 10.2. The summed E-state index contributed by atoms with van der Waals surface area (Å²) < 4.78 is 12.9. The van der Waals surface area contributed by atoms with E-state index in [4.69, 9.17) is 11.6 Å². The van der Waals surface area contributed by atoms with E-state index in [2.05, 4.69) is 15.5 Å². The summed E-state index contributed by atoms with van der Waals surface area (Å²) in [5.41, 5.74) is 1.54. The van der Waals surface area contributed by atoms with E-state index in [0.29, 0.717) is 10.7 Å². The first-order valence-corrected chi connectivity index (χ1v) is 7.80. The molecule has 2 N–H and O–H groups in total. The zero-order valence-corrected chi connectivity index (χ0v) is 13.7. The molecule has 3 rings (SSSR count). The SMILES string of the molecule is O=C(NCc1ccc(F)cc1)c1nn(-c2ccc(Cl)cc2)nc1CO. The van der Waals surface area contributed by atoms with E-state index < -0.39 is 12.5 Å². The van der Waals surface area contributed by atoms with Crippen molar-refractivity contribution >= 4 is 17.5 Å². The number of nitrogens with one attached hydrogen (secondary N) is 1.